The second kappa shape index (κ2) is 5.06. The number of imide groups is 1. The Labute approximate surface area is 123 Å². The molecule has 0 saturated carbocycles. The van der Waals surface area contributed by atoms with Crippen LogP contribution in [0.4, 0.5) is 0 Å². The third-order valence-corrected chi connectivity index (χ3v) is 3.92. The molecule has 1 aliphatic heterocycles. The third kappa shape index (κ3) is 2.19. The van der Waals surface area contributed by atoms with Crippen molar-refractivity contribution >= 4 is 29.1 Å². The molecule has 0 fully saturated rings. The van der Waals surface area contributed by atoms with E-state index in [1.807, 2.05) is 6.92 Å². The topological polar surface area (TPSA) is 89.5 Å². The summed E-state index contributed by atoms with van der Waals surface area (Å²) in [5.41, 5.74) is 0.420. The Bertz CT molecular complexity index is 720. The lowest BCUT2D eigenvalue weighted by atomic mass is 10.1. The highest BCUT2D eigenvalue weighted by atomic mass is 32.1. The maximum absolute atomic E-state index is 12.0. The largest absolute Gasteiger partial charge is 0.394 e. The zero-order valence-electron chi connectivity index (χ0n) is 10.9. The molecule has 0 atom stereocenters. The molecule has 0 aliphatic carbocycles. The molecule has 0 saturated heterocycles. The highest BCUT2D eigenvalue weighted by Crippen LogP contribution is 2.23. The number of hydroxylamine groups is 2. The predicted octanol–water partition coefficient (Wildman–Crippen LogP) is 1.47. The summed E-state index contributed by atoms with van der Waals surface area (Å²) in [4.78, 5) is 40.8. The van der Waals surface area contributed by atoms with Gasteiger partial charge in [0.1, 0.15) is 5.01 Å². The Morgan fingerprint density at radius 2 is 1.81 bits per heavy atom. The van der Waals surface area contributed by atoms with Gasteiger partial charge in [-0.25, -0.2) is 4.79 Å². The number of benzene rings is 1. The normalized spacial score (nSPS) is 13.5. The first-order valence-corrected chi connectivity index (χ1v) is 6.96. The van der Waals surface area contributed by atoms with E-state index in [2.05, 4.69) is 10.2 Å². The minimum Gasteiger partial charge on any atom is -0.321 e. The lowest BCUT2D eigenvalue weighted by Crippen LogP contribution is -2.32. The van der Waals surface area contributed by atoms with Gasteiger partial charge in [0, 0.05) is 0 Å². The number of amides is 2. The summed E-state index contributed by atoms with van der Waals surface area (Å²) >= 11 is 1.06. The van der Waals surface area contributed by atoms with Crippen molar-refractivity contribution < 1.29 is 19.2 Å². The lowest BCUT2D eigenvalue weighted by Gasteiger charge is -2.10. The first-order valence-electron chi connectivity index (χ1n) is 6.14. The molecule has 1 aromatic carbocycles. The average Bonchev–Trinajstić information content (AvgIpc) is 3.07. The van der Waals surface area contributed by atoms with E-state index in [9.17, 15) is 14.4 Å². The molecule has 1 aromatic heterocycles. The van der Waals surface area contributed by atoms with Crippen LogP contribution in [-0.2, 0) is 11.3 Å². The standard InChI is InChI=1S/C13H9N3O4S/c1-2-9-14-15-10(21-9)13(19)20-16-11(17)7-5-3-4-6-8(7)12(16)18/h3-6H,2H2,1H3. The molecule has 3 rings (SSSR count). The molecular weight excluding hydrogens is 294 g/mol. The number of nitrogens with zero attached hydrogens (tertiary/aromatic N) is 3. The first-order chi connectivity index (χ1) is 10.1. The van der Waals surface area contributed by atoms with Gasteiger partial charge in [0.25, 0.3) is 11.8 Å². The summed E-state index contributed by atoms with van der Waals surface area (Å²) in [6, 6.07) is 6.27. The van der Waals surface area contributed by atoms with Gasteiger partial charge in [-0.1, -0.05) is 35.5 Å². The summed E-state index contributed by atoms with van der Waals surface area (Å²) < 4.78 is 0. The lowest BCUT2D eigenvalue weighted by molar-refractivity contribution is -0.0585. The van der Waals surface area contributed by atoms with Crippen molar-refractivity contribution in [1.82, 2.24) is 15.3 Å². The van der Waals surface area contributed by atoms with Crippen LogP contribution in [-0.4, -0.2) is 33.0 Å². The van der Waals surface area contributed by atoms with Gasteiger partial charge in [-0.05, 0) is 18.6 Å². The number of aromatic nitrogens is 2. The van der Waals surface area contributed by atoms with Crippen LogP contribution in [0.1, 0.15) is 42.4 Å². The van der Waals surface area contributed by atoms with Gasteiger partial charge < -0.3 is 4.84 Å². The van der Waals surface area contributed by atoms with Gasteiger partial charge in [-0.3, -0.25) is 9.59 Å². The van der Waals surface area contributed by atoms with Gasteiger partial charge in [0.05, 0.1) is 11.1 Å². The maximum Gasteiger partial charge on any atom is 0.394 e. The highest BCUT2D eigenvalue weighted by Gasteiger charge is 2.39. The van der Waals surface area contributed by atoms with Crippen LogP contribution in [0.5, 0.6) is 0 Å². The van der Waals surface area contributed by atoms with Crippen molar-refractivity contribution in [2.24, 2.45) is 0 Å². The third-order valence-electron chi connectivity index (χ3n) is 2.87. The number of fused-ring (bicyclic) bond motifs is 1. The van der Waals surface area contributed by atoms with Gasteiger partial charge in [0.15, 0.2) is 0 Å². The first kappa shape index (κ1) is 13.4. The zero-order chi connectivity index (χ0) is 15.0. The van der Waals surface area contributed by atoms with Crippen LogP contribution in [0.2, 0.25) is 0 Å². The van der Waals surface area contributed by atoms with E-state index in [1.165, 1.54) is 12.1 Å². The number of rotatable bonds is 3. The average molecular weight is 303 g/mol. The Morgan fingerprint density at radius 3 is 2.33 bits per heavy atom. The van der Waals surface area contributed by atoms with Gasteiger partial charge >= 0.3 is 5.97 Å². The number of carbonyl (C=O) groups excluding carboxylic acids is 3. The minimum absolute atomic E-state index is 0.00315. The SMILES string of the molecule is CCc1nnc(C(=O)ON2C(=O)c3ccccc3C2=O)s1. The van der Waals surface area contributed by atoms with Crippen LogP contribution in [0.25, 0.3) is 0 Å². The summed E-state index contributed by atoms with van der Waals surface area (Å²) in [5.74, 6) is -2.20. The molecule has 106 valence electrons. The van der Waals surface area contributed by atoms with Crippen molar-refractivity contribution in [3.8, 4) is 0 Å². The highest BCUT2D eigenvalue weighted by molar-refractivity contribution is 7.13. The number of aryl methyl sites for hydroxylation is 1. The summed E-state index contributed by atoms with van der Waals surface area (Å²) in [6.07, 6.45) is 0.637. The molecule has 8 heteroatoms. The van der Waals surface area contributed by atoms with Crippen molar-refractivity contribution in [2.45, 2.75) is 13.3 Å². The van der Waals surface area contributed by atoms with E-state index < -0.39 is 17.8 Å². The van der Waals surface area contributed by atoms with Crippen LogP contribution in [0.3, 0.4) is 0 Å². The fourth-order valence-corrected chi connectivity index (χ4v) is 2.50. The number of hydrogen-bond donors (Lipinski definition) is 0. The number of hydrogen-bond acceptors (Lipinski definition) is 7. The zero-order valence-corrected chi connectivity index (χ0v) is 11.7. The summed E-state index contributed by atoms with van der Waals surface area (Å²) in [7, 11) is 0. The smallest absolute Gasteiger partial charge is 0.321 e. The number of carbonyl (C=O) groups is 3. The van der Waals surface area contributed by atoms with Gasteiger partial charge in [0.2, 0.25) is 5.01 Å². The van der Waals surface area contributed by atoms with E-state index in [0.717, 1.165) is 11.3 Å². The van der Waals surface area contributed by atoms with E-state index in [0.29, 0.717) is 16.5 Å². The molecule has 0 bridgehead atoms. The molecule has 2 aromatic rings. The van der Waals surface area contributed by atoms with E-state index in [4.69, 9.17) is 4.84 Å². The Balaban J connectivity index is 1.82. The van der Waals surface area contributed by atoms with E-state index in [1.54, 1.807) is 12.1 Å². The molecule has 0 N–H and O–H groups in total. The molecule has 2 amide bonds. The monoisotopic (exact) mass is 303 g/mol. The molecule has 7 nitrogen and oxygen atoms in total. The van der Waals surface area contributed by atoms with Crippen molar-refractivity contribution in [3.63, 3.8) is 0 Å². The summed E-state index contributed by atoms with van der Waals surface area (Å²) in [6.45, 7) is 1.87. The van der Waals surface area contributed by atoms with Crippen LogP contribution < -0.4 is 0 Å². The molecule has 0 spiro atoms. The molecule has 2 heterocycles. The second-order valence-electron chi connectivity index (χ2n) is 4.18. The Morgan fingerprint density at radius 1 is 1.19 bits per heavy atom. The predicted molar refractivity (Wildman–Crippen MR) is 71.6 cm³/mol. The van der Waals surface area contributed by atoms with Crippen LogP contribution in [0.15, 0.2) is 24.3 Å². The fraction of sp³-hybridized carbons (Fsp3) is 0.154. The Hall–Kier alpha value is -2.61. The quantitative estimate of drug-likeness (QED) is 0.798. The van der Waals surface area contributed by atoms with Crippen LogP contribution in [0, 0.1) is 0 Å². The van der Waals surface area contributed by atoms with E-state index in [-0.39, 0.29) is 16.1 Å². The van der Waals surface area contributed by atoms with Crippen molar-refractivity contribution in [2.75, 3.05) is 0 Å². The van der Waals surface area contributed by atoms with Crippen LogP contribution >= 0.6 is 11.3 Å². The molecular formula is C13H9N3O4S. The van der Waals surface area contributed by atoms with Gasteiger partial charge in [-0.15, -0.1) is 10.2 Å². The summed E-state index contributed by atoms with van der Waals surface area (Å²) in [5, 5.41) is 8.59. The fourth-order valence-electron chi connectivity index (χ4n) is 1.85. The molecule has 0 radical (unpaired) electrons. The van der Waals surface area contributed by atoms with Crippen molar-refractivity contribution in [3.05, 3.63) is 45.4 Å². The van der Waals surface area contributed by atoms with Crippen molar-refractivity contribution in [1.29, 1.82) is 0 Å². The minimum atomic E-state index is -0.873. The van der Waals surface area contributed by atoms with E-state index >= 15 is 0 Å². The molecule has 21 heavy (non-hydrogen) atoms. The molecule has 0 unspecified atom stereocenters. The maximum atomic E-state index is 12.0. The Kier molecular flexibility index (Phi) is 3.22. The van der Waals surface area contributed by atoms with Gasteiger partial charge in [-0.2, -0.15) is 0 Å². The molecule has 1 aliphatic rings. The second-order valence-corrected chi connectivity index (χ2v) is 5.25.